The summed E-state index contributed by atoms with van der Waals surface area (Å²) in [6, 6.07) is 7.76. The van der Waals surface area contributed by atoms with Crippen LogP contribution in [0.2, 0.25) is 0 Å². The smallest absolute Gasteiger partial charge is 0.279 e. The molecule has 0 spiro atoms. The fourth-order valence-corrected chi connectivity index (χ4v) is 4.02. The van der Waals surface area contributed by atoms with E-state index in [1.807, 2.05) is 41.8 Å². The van der Waals surface area contributed by atoms with Crippen LogP contribution in [0.25, 0.3) is 22.4 Å². The lowest BCUT2D eigenvalue weighted by Gasteiger charge is -2.19. The number of para-hydroxylation sites is 2. The highest BCUT2D eigenvalue weighted by Crippen LogP contribution is 2.34. The predicted octanol–water partition coefficient (Wildman–Crippen LogP) is 1.90. The molecule has 29 heavy (non-hydrogen) atoms. The molecule has 0 aliphatic carbocycles. The number of methoxy groups -OCH3 is 1. The van der Waals surface area contributed by atoms with Crippen LogP contribution in [0.3, 0.4) is 0 Å². The van der Waals surface area contributed by atoms with E-state index in [1.54, 1.807) is 22.7 Å². The van der Waals surface area contributed by atoms with Gasteiger partial charge in [-0.1, -0.05) is 17.3 Å². The molecule has 0 N–H and O–H groups in total. The summed E-state index contributed by atoms with van der Waals surface area (Å²) in [5.74, 6) is 0.451. The summed E-state index contributed by atoms with van der Waals surface area (Å²) in [5, 5.41) is 8.56. The number of fused-ring (bicyclic) bond motifs is 3. The molecular weight excluding hydrogens is 372 g/mol. The molecule has 1 aliphatic heterocycles. The van der Waals surface area contributed by atoms with Crippen LogP contribution in [0.1, 0.15) is 25.5 Å². The zero-order valence-electron chi connectivity index (χ0n) is 16.4. The van der Waals surface area contributed by atoms with Crippen LogP contribution in [0, 0.1) is 0 Å². The van der Waals surface area contributed by atoms with Gasteiger partial charge in [0.25, 0.3) is 5.56 Å². The van der Waals surface area contributed by atoms with E-state index >= 15 is 0 Å². The molecule has 9 heteroatoms. The summed E-state index contributed by atoms with van der Waals surface area (Å²) in [7, 11) is 1.62. The number of hydrogen-bond donors (Lipinski definition) is 0. The van der Waals surface area contributed by atoms with Crippen LogP contribution >= 0.6 is 0 Å². The van der Waals surface area contributed by atoms with Gasteiger partial charge in [-0.3, -0.25) is 9.20 Å². The molecule has 1 fully saturated rings. The van der Waals surface area contributed by atoms with Crippen LogP contribution < -0.4 is 5.56 Å². The second-order valence-corrected chi connectivity index (χ2v) is 7.46. The van der Waals surface area contributed by atoms with Gasteiger partial charge in [0.15, 0.2) is 11.3 Å². The first-order valence-corrected chi connectivity index (χ1v) is 9.67. The van der Waals surface area contributed by atoms with Gasteiger partial charge in [-0.05, 0) is 31.9 Å². The summed E-state index contributed by atoms with van der Waals surface area (Å²) in [6.07, 6.45) is 5.35. The monoisotopic (exact) mass is 394 g/mol. The Hall–Kier alpha value is -3.04. The molecule has 0 radical (unpaired) electrons. The molecule has 4 aromatic rings. The molecule has 1 atom stereocenters. The van der Waals surface area contributed by atoms with E-state index in [0.29, 0.717) is 31.1 Å². The Morgan fingerprint density at radius 2 is 2.10 bits per heavy atom. The minimum Gasteiger partial charge on any atom is -0.383 e. The van der Waals surface area contributed by atoms with Crippen molar-refractivity contribution < 1.29 is 9.47 Å². The summed E-state index contributed by atoms with van der Waals surface area (Å²) < 4.78 is 16.2. The Morgan fingerprint density at radius 1 is 1.28 bits per heavy atom. The number of nitrogens with zero attached hydrogens (tertiary/aromatic N) is 6. The Kier molecular flexibility index (Phi) is 4.21. The lowest BCUT2D eigenvalue weighted by Crippen LogP contribution is -2.25. The largest absolute Gasteiger partial charge is 0.383 e. The average Bonchev–Trinajstić information content (AvgIpc) is 3.47. The van der Waals surface area contributed by atoms with E-state index in [-0.39, 0.29) is 5.56 Å². The second-order valence-electron chi connectivity index (χ2n) is 7.46. The highest BCUT2D eigenvalue weighted by molar-refractivity contribution is 5.80. The van der Waals surface area contributed by atoms with E-state index in [1.165, 1.54) is 0 Å². The zero-order valence-corrected chi connectivity index (χ0v) is 16.4. The maximum absolute atomic E-state index is 13.4. The van der Waals surface area contributed by atoms with Crippen molar-refractivity contribution in [3.63, 3.8) is 0 Å². The number of imidazole rings is 1. The van der Waals surface area contributed by atoms with Crippen molar-refractivity contribution in [2.75, 3.05) is 20.3 Å². The number of benzene rings is 1. The lowest BCUT2D eigenvalue weighted by molar-refractivity contribution is 0.0131. The van der Waals surface area contributed by atoms with Gasteiger partial charge in [-0.25, -0.2) is 4.98 Å². The van der Waals surface area contributed by atoms with Crippen molar-refractivity contribution in [1.29, 1.82) is 0 Å². The van der Waals surface area contributed by atoms with Crippen molar-refractivity contribution in [2.24, 2.45) is 0 Å². The molecule has 1 unspecified atom stereocenters. The molecule has 1 aliphatic rings. The normalized spacial score (nSPS) is 19.5. The Morgan fingerprint density at radius 3 is 2.86 bits per heavy atom. The van der Waals surface area contributed by atoms with Crippen molar-refractivity contribution in [3.05, 3.63) is 52.8 Å². The van der Waals surface area contributed by atoms with Crippen LogP contribution in [-0.2, 0) is 21.6 Å². The minimum absolute atomic E-state index is 0.145. The van der Waals surface area contributed by atoms with E-state index in [0.717, 1.165) is 29.6 Å². The fourth-order valence-electron chi connectivity index (χ4n) is 4.02. The third kappa shape index (κ3) is 2.77. The first-order chi connectivity index (χ1) is 14.1. The molecule has 0 saturated carbocycles. The fraction of sp³-hybridized carbons (Fsp3) is 0.400. The quantitative estimate of drug-likeness (QED) is 0.514. The maximum Gasteiger partial charge on any atom is 0.279 e. The van der Waals surface area contributed by atoms with E-state index in [4.69, 9.17) is 9.47 Å². The van der Waals surface area contributed by atoms with Crippen LogP contribution in [0.4, 0.5) is 0 Å². The number of ether oxygens (including phenoxy) is 2. The lowest BCUT2D eigenvalue weighted by atomic mass is 10.00. The molecular formula is C20H22N6O3. The Labute approximate surface area is 166 Å². The minimum atomic E-state index is -0.445. The predicted molar refractivity (Wildman–Crippen MR) is 106 cm³/mol. The van der Waals surface area contributed by atoms with E-state index in [9.17, 15) is 4.79 Å². The highest BCUT2D eigenvalue weighted by Gasteiger charge is 2.35. The number of rotatable bonds is 5. The van der Waals surface area contributed by atoms with E-state index < -0.39 is 5.60 Å². The molecule has 1 aromatic carbocycles. The molecule has 4 heterocycles. The summed E-state index contributed by atoms with van der Waals surface area (Å²) in [6.45, 7) is 3.62. The number of hydrogen-bond acceptors (Lipinski definition) is 6. The first-order valence-electron chi connectivity index (χ1n) is 9.67. The van der Waals surface area contributed by atoms with Crippen molar-refractivity contribution in [2.45, 2.75) is 31.9 Å². The van der Waals surface area contributed by atoms with Crippen molar-refractivity contribution in [1.82, 2.24) is 28.9 Å². The second kappa shape index (κ2) is 6.78. The van der Waals surface area contributed by atoms with Gasteiger partial charge in [0.1, 0.15) is 17.6 Å². The SMILES string of the molecule is COCCn1c(=O)c2c(-n3cc(C4(C)CCCO4)nn3)ncn2c2ccccc21. The van der Waals surface area contributed by atoms with Gasteiger partial charge in [0, 0.05) is 20.3 Å². The average molecular weight is 394 g/mol. The molecule has 3 aromatic heterocycles. The van der Waals surface area contributed by atoms with Gasteiger partial charge >= 0.3 is 0 Å². The van der Waals surface area contributed by atoms with Crippen LogP contribution in [0.15, 0.2) is 41.6 Å². The van der Waals surface area contributed by atoms with Crippen LogP contribution in [-0.4, -0.2) is 49.3 Å². The Bertz CT molecular complexity index is 1250. The van der Waals surface area contributed by atoms with Gasteiger partial charge in [0.05, 0.1) is 23.8 Å². The van der Waals surface area contributed by atoms with Gasteiger partial charge < -0.3 is 14.0 Å². The molecule has 9 nitrogen and oxygen atoms in total. The van der Waals surface area contributed by atoms with E-state index in [2.05, 4.69) is 15.3 Å². The topological polar surface area (TPSA) is 88.5 Å². The summed E-state index contributed by atoms with van der Waals surface area (Å²) in [5.41, 5.74) is 2.33. The van der Waals surface area contributed by atoms with Gasteiger partial charge in [-0.15, -0.1) is 5.10 Å². The van der Waals surface area contributed by atoms with Crippen LogP contribution in [0.5, 0.6) is 0 Å². The molecule has 5 rings (SSSR count). The zero-order chi connectivity index (χ0) is 20.0. The molecule has 1 saturated heterocycles. The summed E-state index contributed by atoms with van der Waals surface area (Å²) in [4.78, 5) is 17.9. The first kappa shape index (κ1) is 18.0. The molecule has 150 valence electrons. The van der Waals surface area contributed by atoms with Gasteiger partial charge in [-0.2, -0.15) is 4.68 Å². The van der Waals surface area contributed by atoms with Crippen molar-refractivity contribution in [3.8, 4) is 5.82 Å². The third-order valence-corrected chi connectivity index (χ3v) is 5.62. The molecule has 0 bridgehead atoms. The van der Waals surface area contributed by atoms with Gasteiger partial charge in [0.2, 0.25) is 0 Å². The standard InChI is InChI=1S/C20H22N6O3/c1-20(8-5-10-29-20)16-12-26(23-22-16)18-17-19(27)24(9-11-28-2)14-6-3-4-7-15(14)25(17)13-21-18/h3-4,6-7,12-13H,5,8-11H2,1-2H3. The summed E-state index contributed by atoms with van der Waals surface area (Å²) >= 11 is 0. The molecule has 0 amide bonds. The van der Waals surface area contributed by atoms with Crippen molar-refractivity contribution >= 4 is 16.6 Å². The Balaban J connectivity index is 1.71. The maximum atomic E-state index is 13.4. The third-order valence-electron chi connectivity index (χ3n) is 5.62. The highest BCUT2D eigenvalue weighted by atomic mass is 16.5. The number of aromatic nitrogens is 6.